The lowest BCUT2D eigenvalue weighted by Crippen LogP contribution is -2.56. The van der Waals surface area contributed by atoms with Crippen molar-refractivity contribution < 1.29 is 14.6 Å². The summed E-state index contributed by atoms with van der Waals surface area (Å²) in [6.45, 7) is 7.53. The molecule has 0 spiro atoms. The minimum absolute atomic E-state index is 0.0351. The quantitative estimate of drug-likeness (QED) is 0.918. The lowest BCUT2D eigenvalue weighted by Gasteiger charge is -2.42. The first-order chi connectivity index (χ1) is 10.8. The number of amides is 1. The van der Waals surface area contributed by atoms with E-state index >= 15 is 0 Å². The molecular weight excluding hydrogens is 316 g/mol. The molecule has 1 N–H and O–H groups in total. The number of anilines is 1. The van der Waals surface area contributed by atoms with Crippen LogP contribution in [-0.2, 0) is 4.74 Å². The highest BCUT2D eigenvalue weighted by molar-refractivity contribution is 6.30. The third-order valence-corrected chi connectivity index (χ3v) is 3.98. The topological polar surface area (TPSA) is 53.0 Å². The second-order valence-corrected chi connectivity index (χ2v) is 7.20. The van der Waals surface area contributed by atoms with E-state index in [4.69, 9.17) is 16.3 Å². The van der Waals surface area contributed by atoms with E-state index in [0.29, 0.717) is 31.1 Å². The van der Waals surface area contributed by atoms with Gasteiger partial charge >= 0.3 is 6.09 Å². The van der Waals surface area contributed by atoms with E-state index in [1.54, 1.807) is 4.90 Å². The van der Waals surface area contributed by atoms with Crippen molar-refractivity contribution >= 4 is 23.4 Å². The van der Waals surface area contributed by atoms with Crippen molar-refractivity contribution in [2.45, 2.75) is 38.8 Å². The summed E-state index contributed by atoms with van der Waals surface area (Å²) in [7, 11) is 0. The minimum Gasteiger partial charge on any atom is -0.444 e. The molecule has 0 aliphatic carbocycles. The summed E-state index contributed by atoms with van der Waals surface area (Å²) < 4.78 is 5.48. The molecule has 1 heterocycles. The Bertz CT molecular complexity index is 545. The van der Waals surface area contributed by atoms with E-state index in [9.17, 15) is 9.90 Å². The van der Waals surface area contributed by atoms with Crippen molar-refractivity contribution in [2.24, 2.45) is 0 Å². The van der Waals surface area contributed by atoms with Gasteiger partial charge in [-0.2, -0.15) is 0 Å². The van der Waals surface area contributed by atoms with Crippen molar-refractivity contribution in [3.05, 3.63) is 29.3 Å². The van der Waals surface area contributed by atoms with Gasteiger partial charge in [-0.3, -0.25) is 0 Å². The zero-order chi connectivity index (χ0) is 17.0. The summed E-state index contributed by atoms with van der Waals surface area (Å²) in [6.07, 6.45) is 0.206. The standard InChI is InChI=1S/C17H25ClN2O3/c1-17(2,3)23-16(22)20-9-8-19(12-15(20)7-10-21)14-6-4-5-13(18)11-14/h4-6,11,15,21H,7-10,12H2,1-3H3/t15-/m0/s1. The first kappa shape index (κ1) is 17.9. The first-order valence-corrected chi connectivity index (χ1v) is 8.29. The second-order valence-electron chi connectivity index (χ2n) is 6.77. The van der Waals surface area contributed by atoms with Gasteiger partial charge in [0.05, 0.1) is 6.04 Å². The van der Waals surface area contributed by atoms with Crippen LogP contribution in [0, 0.1) is 0 Å². The fourth-order valence-electron chi connectivity index (χ4n) is 2.72. The summed E-state index contributed by atoms with van der Waals surface area (Å²) in [5, 5.41) is 10.0. The summed E-state index contributed by atoms with van der Waals surface area (Å²) in [6, 6.07) is 7.60. The van der Waals surface area contributed by atoms with Crippen LogP contribution >= 0.6 is 11.6 Å². The van der Waals surface area contributed by atoms with Crippen LogP contribution in [0.15, 0.2) is 24.3 Å². The molecule has 23 heavy (non-hydrogen) atoms. The van der Waals surface area contributed by atoms with Crippen LogP contribution in [0.3, 0.4) is 0 Å². The van der Waals surface area contributed by atoms with E-state index < -0.39 is 5.60 Å². The summed E-state index contributed by atoms with van der Waals surface area (Å²) in [5.74, 6) is 0. The lowest BCUT2D eigenvalue weighted by molar-refractivity contribution is 0.0116. The van der Waals surface area contributed by atoms with Gasteiger partial charge in [0.15, 0.2) is 0 Å². The van der Waals surface area contributed by atoms with Gasteiger partial charge in [0.2, 0.25) is 0 Å². The van der Waals surface area contributed by atoms with Gasteiger partial charge < -0.3 is 19.6 Å². The van der Waals surface area contributed by atoms with Crippen molar-refractivity contribution in [1.29, 1.82) is 0 Å². The third-order valence-electron chi connectivity index (χ3n) is 3.75. The van der Waals surface area contributed by atoms with Gasteiger partial charge in [0.25, 0.3) is 0 Å². The smallest absolute Gasteiger partial charge is 0.410 e. The molecule has 1 aromatic rings. The molecule has 128 valence electrons. The maximum absolute atomic E-state index is 12.4. The van der Waals surface area contributed by atoms with E-state index in [1.807, 2.05) is 45.0 Å². The molecule has 1 atom stereocenters. The number of carbonyl (C=O) groups is 1. The number of aliphatic hydroxyl groups is 1. The molecule has 0 bridgehead atoms. The number of hydrogen-bond donors (Lipinski definition) is 1. The molecule has 6 heteroatoms. The van der Waals surface area contributed by atoms with Crippen LogP contribution in [0.5, 0.6) is 0 Å². The van der Waals surface area contributed by atoms with E-state index in [2.05, 4.69) is 4.90 Å². The van der Waals surface area contributed by atoms with Crippen molar-refractivity contribution in [2.75, 3.05) is 31.1 Å². The molecule has 1 amide bonds. The monoisotopic (exact) mass is 340 g/mol. The Kier molecular flexibility index (Phi) is 5.76. The van der Waals surface area contributed by atoms with Gasteiger partial charge in [-0.25, -0.2) is 4.79 Å². The van der Waals surface area contributed by atoms with Gasteiger partial charge in [-0.05, 0) is 45.4 Å². The zero-order valence-corrected chi connectivity index (χ0v) is 14.7. The highest BCUT2D eigenvalue weighted by atomic mass is 35.5. The fraction of sp³-hybridized carbons (Fsp3) is 0.588. The number of rotatable bonds is 3. The Morgan fingerprint density at radius 3 is 2.74 bits per heavy atom. The Labute approximate surface area is 142 Å². The van der Waals surface area contributed by atoms with Crippen LogP contribution < -0.4 is 4.90 Å². The number of benzene rings is 1. The average molecular weight is 341 g/mol. The number of aliphatic hydroxyl groups excluding tert-OH is 1. The molecule has 1 aliphatic heterocycles. The molecule has 1 aliphatic rings. The lowest BCUT2D eigenvalue weighted by atomic mass is 10.1. The number of hydrogen-bond acceptors (Lipinski definition) is 4. The van der Waals surface area contributed by atoms with Crippen LogP contribution in [0.1, 0.15) is 27.2 Å². The van der Waals surface area contributed by atoms with Crippen molar-refractivity contribution in [3.8, 4) is 0 Å². The molecule has 1 saturated heterocycles. The number of piperazine rings is 1. The predicted octanol–water partition coefficient (Wildman–Crippen LogP) is 3.15. The SMILES string of the molecule is CC(C)(C)OC(=O)N1CCN(c2cccc(Cl)c2)C[C@@H]1CCO. The molecule has 1 aromatic carbocycles. The van der Waals surface area contributed by atoms with E-state index in [0.717, 1.165) is 5.69 Å². The number of nitrogens with zero attached hydrogens (tertiary/aromatic N) is 2. The Hall–Kier alpha value is -1.46. The Morgan fingerprint density at radius 1 is 1.39 bits per heavy atom. The average Bonchev–Trinajstić information content (AvgIpc) is 2.45. The molecule has 0 aromatic heterocycles. The van der Waals surface area contributed by atoms with Crippen molar-refractivity contribution in [3.63, 3.8) is 0 Å². The summed E-state index contributed by atoms with van der Waals surface area (Å²) in [5.41, 5.74) is 0.509. The molecule has 0 radical (unpaired) electrons. The van der Waals surface area contributed by atoms with Crippen LogP contribution in [0.2, 0.25) is 5.02 Å². The second kappa shape index (κ2) is 7.41. The van der Waals surface area contributed by atoms with Gasteiger partial charge in [0, 0.05) is 37.0 Å². The normalized spacial score (nSPS) is 18.9. The van der Waals surface area contributed by atoms with Crippen LogP contribution in [0.25, 0.3) is 0 Å². The highest BCUT2D eigenvalue weighted by Gasteiger charge is 2.33. The zero-order valence-electron chi connectivity index (χ0n) is 14.0. The van der Waals surface area contributed by atoms with E-state index in [1.165, 1.54) is 0 Å². The fourth-order valence-corrected chi connectivity index (χ4v) is 2.90. The van der Waals surface area contributed by atoms with E-state index in [-0.39, 0.29) is 18.7 Å². The van der Waals surface area contributed by atoms with Gasteiger partial charge in [-0.15, -0.1) is 0 Å². The summed E-state index contributed by atoms with van der Waals surface area (Å²) >= 11 is 6.06. The molecule has 5 nitrogen and oxygen atoms in total. The number of halogens is 1. The number of carbonyl (C=O) groups excluding carboxylic acids is 1. The Balaban J connectivity index is 2.09. The Morgan fingerprint density at radius 2 is 2.13 bits per heavy atom. The molecule has 2 rings (SSSR count). The maximum Gasteiger partial charge on any atom is 0.410 e. The summed E-state index contributed by atoms with van der Waals surface area (Å²) in [4.78, 5) is 16.3. The van der Waals surface area contributed by atoms with Crippen molar-refractivity contribution in [1.82, 2.24) is 4.90 Å². The molecule has 0 unspecified atom stereocenters. The van der Waals surface area contributed by atoms with Crippen LogP contribution in [-0.4, -0.2) is 54.0 Å². The predicted molar refractivity (Wildman–Crippen MR) is 92.1 cm³/mol. The minimum atomic E-state index is -0.523. The third kappa shape index (κ3) is 5.01. The largest absolute Gasteiger partial charge is 0.444 e. The molecule has 0 saturated carbocycles. The van der Waals surface area contributed by atoms with Gasteiger partial charge in [-0.1, -0.05) is 17.7 Å². The van der Waals surface area contributed by atoms with Crippen LogP contribution in [0.4, 0.5) is 10.5 Å². The maximum atomic E-state index is 12.4. The number of ether oxygens (including phenoxy) is 1. The first-order valence-electron chi connectivity index (χ1n) is 7.91. The molecular formula is C17H25ClN2O3. The molecule has 1 fully saturated rings. The van der Waals surface area contributed by atoms with Gasteiger partial charge in [0.1, 0.15) is 5.60 Å². The highest BCUT2D eigenvalue weighted by Crippen LogP contribution is 2.24.